The van der Waals surface area contributed by atoms with Crippen molar-refractivity contribution in [2.45, 2.75) is 20.3 Å². The molecule has 3 N–H and O–H groups in total. The summed E-state index contributed by atoms with van der Waals surface area (Å²) in [6.07, 6.45) is 1.51. The number of nitro benzene ring substituents is 1. The molecule has 1 aromatic carbocycles. The molecular weight excluding hydrogens is 324 g/mol. The van der Waals surface area contributed by atoms with Crippen molar-refractivity contribution >= 4 is 22.6 Å². The lowest BCUT2D eigenvalue weighted by molar-refractivity contribution is -0.384. The monoisotopic (exact) mass is 346 g/mol. The summed E-state index contributed by atoms with van der Waals surface area (Å²) in [6, 6.07) is 4.76. The standard InChI is InChI=1S/C7H5NO5.C4H6OS.C2H6.CH5N/c9-7(10)13-6-3-1-5(2-4-6)8(11)12;5-6-3-1-2-4-6;2*1-2/h1-4H,(H,9,10);1,3H,2,4H2;1-2H3;2H2,1H3. The van der Waals surface area contributed by atoms with Crippen LogP contribution in [0.4, 0.5) is 10.5 Å². The fourth-order valence-corrected chi connectivity index (χ4v) is 2.02. The molecule has 2 rings (SSSR count). The molecule has 1 heterocycles. The molecule has 1 aliphatic heterocycles. The first-order valence-corrected chi connectivity index (χ1v) is 8.14. The number of nitrogens with zero attached hydrogens (tertiary/aromatic N) is 1. The van der Waals surface area contributed by atoms with Crippen LogP contribution in [0.3, 0.4) is 0 Å². The summed E-state index contributed by atoms with van der Waals surface area (Å²) in [4.78, 5) is 19.6. The Morgan fingerprint density at radius 2 is 1.83 bits per heavy atom. The van der Waals surface area contributed by atoms with Gasteiger partial charge in [0.25, 0.3) is 5.69 Å². The van der Waals surface area contributed by atoms with E-state index in [1.54, 1.807) is 5.41 Å². The van der Waals surface area contributed by atoms with Gasteiger partial charge < -0.3 is 15.6 Å². The zero-order chi connectivity index (χ0) is 18.3. The van der Waals surface area contributed by atoms with E-state index in [1.807, 2.05) is 19.9 Å². The van der Waals surface area contributed by atoms with Crippen LogP contribution < -0.4 is 10.5 Å². The fraction of sp³-hybridized carbons (Fsp3) is 0.357. The van der Waals surface area contributed by atoms with Gasteiger partial charge in [0.05, 0.1) is 4.92 Å². The minimum atomic E-state index is -1.45. The molecule has 0 bridgehead atoms. The Kier molecular flexibility index (Phi) is 14.7. The van der Waals surface area contributed by atoms with E-state index < -0.39 is 21.9 Å². The van der Waals surface area contributed by atoms with Gasteiger partial charge in [-0.15, -0.1) is 0 Å². The Morgan fingerprint density at radius 1 is 1.30 bits per heavy atom. The van der Waals surface area contributed by atoms with Crippen molar-refractivity contribution in [3.8, 4) is 5.75 Å². The van der Waals surface area contributed by atoms with Crippen LogP contribution in [0.2, 0.25) is 0 Å². The van der Waals surface area contributed by atoms with Gasteiger partial charge in [0, 0.05) is 28.7 Å². The third kappa shape index (κ3) is 12.0. The van der Waals surface area contributed by atoms with Gasteiger partial charge in [0.2, 0.25) is 0 Å². The highest BCUT2D eigenvalue weighted by Gasteiger charge is 2.05. The average Bonchev–Trinajstić information content (AvgIpc) is 3.03. The number of non-ortho nitro benzene ring substituents is 1. The summed E-state index contributed by atoms with van der Waals surface area (Å²) < 4.78 is 14.5. The van der Waals surface area contributed by atoms with Gasteiger partial charge in [-0.05, 0) is 31.0 Å². The highest BCUT2D eigenvalue weighted by atomic mass is 32.2. The lowest BCUT2D eigenvalue weighted by atomic mass is 10.3. The predicted octanol–water partition coefficient (Wildman–Crippen LogP) is 2.91. The first kappa shape index (κ1) is 23.0. The molecule has 0 spiro atoms. The lowest BCUT2D eigenvalue weighted by Gasteiger charge is -1.97. The summed E-state index contributed by atoms with van der Waals surface area (Å²) in [5, 5.41) is 20.1. The highest BCUT2D eigenvalue weighted by Crippen LogP contribution is 2.17. The number of rotatable bonds is 2. The van der Waals surface area contributed by atoms with Gasteiger partial charge >= 0.3 is 6.16 Å². The molecular formula is C14H22N2O6S. The second-order valence-corrected chi connectivity index (χ2v) is 4.81. The Balaban J connectivity index is 0. The van der Waals surface area contributed by atoms with Crippen LogP contribution in [0.25, 0.3) is 0 Å². The van der Waals surface area contributed by atoms with E-state index in [0.717, 1.165) is 24.3 Å². The number of ether oxygens (including phenoxy) is 1. The van der Waals surface area contributed by atoms with E-state index in [0.29, 0.717) is 0 Å². The van der Waals surface area contributed by atoms with Crippen molar-refractivity contribution in [1.29, 1.82) is 0 Å². The number of hydrogen-bond acceptors (Lipinski definition) is 6. The van der Waals surface area contributed by atoms with Crippen LogP contribution in [0.15, 0.2) is 35.7 Å². The van der Waals surface area contributed by atoms with E-state index in [2.05, 4.69) is 10.5 Å². The van der Waals surface area contributed by atoms with Gasteiger partial charge in [-0.2, -0.15) is 0 Å². The van der Waals surface area contributed by atoms with Gasteiger partial charge in [0.1, 0.15) is 5.75 Å². The fourth-order valence-electron chi connectivity index (χ4n) is 1.16. The maximum absolute atomic E-state index is 10.3. The van der Waals surface area contributed by atoms with Crippen LogP contribution >= 0.6 is 0 Å². The summed E-state index contributed by atoms with van der Waals surface area (Å²) >= 11 is 0. The number of carbonyl (C=O) groups is 1. The molecule has 0 aliphatic carbocycles. The van der Waals surface area contributed by atoms with Crippen molar-refractivity contribution in [1.82, 2.24) is 0 Å². The summed E-state index contributed by atoms with van der Waals surface area (Å²) in [6.45, 7) is 4.00. The minimum Gasteiger partial charge on any atom is -0.449 e. The molecule has 0 fully saturated rings. The van der Waals surface area contributed by atoms with E-state index in [-0.39, 0.29) is 11.4 Å². The maximum atomic E-state index is 10.3. The van der Waals surface area contributed by atoms with Gasteiger partial charge in [-0.25, -0.2) is 4.79 Å². The minimum absolute atomic E-state index is 0.0538. The van der Waals surface area contributed by atoms with Crippen molar-refractivity contribution in [2.75, 3.05) is 12.8 Å². The van der Waals surface area contributed by atoms with Gasteiger partial charge in [-0.1, -0.05) is 19.9 Å². The van der Waals surface area contributed by atoms with Crippen molar-refractivity contribution in [3.63, 3.8) is 0 Å². The van der Waals surface area contributed by atoms with Crippen LogP contribution in [0, 0.1) is 10.1 Å². The SMILES string of the molecule is CC.CN.O=C(O)Oc1ccc([N+](=O)[O-])cc1.O=S1C=CCC1. The number of nitro groups is 1. The molecule has 1 aromatic rings. The molecule has 0 saturated heterocycles. The van der Waals surface area contributed by atoms with E-state index in [4.69, 9.17) is 5.11 Å². The molecule has 23 heavy (non-hydrogen) atoms. The number of hydrogen-bond donors (Lipinski definition) is 2. The maximum Gasteiger partial charge on any atom is 0.511 e. The average molecular weight is 346 g/mol. The van der Waals surface area contributed by atoms with E-state index in [1.165, 1.54) is 19.2 Å². The van der Waals surface area contributed by atoms with Gasteiger partial charge in [0.15, 0.2) is 0 Å². The van der Waals surface area contributed by atoms with Crippen LogP contribution in [0.1, 0.15) is 20.3 Å². The summed E-state index contributed by atoms with van der Waals surface area (Å²) in [5.74, 6) is 0.901. The Bertz CT molecular complexity index is 517. The molecule has 8 nitrogen and oxygen atoms in total. The Labute approximate surface area is 137 Å². The smallest absolute Gasteiger partial charge is 0.449 e. The third-order valence-electron chi connectivity index (χ3n) is 1.99. The second kappa shape index (κ2) is 14.7. The third-order valence-corrected chi connectivity index (χ3v) is 3.12. The number of benzene rings is 1. The first-order chi connectivity index (χ1) is 11.0. The molecule has 0 amide bonds. The summed E-state index contributed by atoms with van der Waals surface area (Å²) in [5.41, 5.74) is 4.39. The molecule has 0 radical (unpaired) electrons. The largest absolute Gasteiger partial charge is 0.511 e. The molecule has 1 unspecified atom stereocenters. The van der Waals surface area contributed by atoms with Crippen molar-refractivity contribution in [3.05, 3.63) is 45.9 Å². The van der Waals surface area contributed by atoms with Crippen LogP contribution in [-0.2, 0) is 10.8 Å². The Morgan fingerprint density at radius 3 is 2.09 bits per heavy atom. The molecule has 0 aromatic heterocycles. The molecule has 1 atom stereocenters. The van der Waals surface area contributed by atoms with Gasteiger partial charge in [-0.3, -0.25) is 14.3 Å². The van der Waals surface area contributed by atoms with Crippen LogP contribution in [-0.4, -0.2) is 33.2 Å². The summed E-state index contributed by atoms with van der Waals surface area (Å²) in [7, 11) is 0.897. The second-order valence-electron chi connectivity index (χ2n) is 3.36. The van der Waals surface area contributed by atoms with E-state index in [9.17, 15) is 19.1 Å². The number of allylic oxidation sites excluding steroid dienone is 1. The molecule has 9 heteroatoms. The zero-order valence-electron chi connectivity index (χ0n) is 13.3. The zero-order valence-corrected chi connectivity index (χ0v) is 14.1. The molecule has 0 saturated carbocycles. The highest BCUT2D eigenvalue weighted by molar-refractivity contribution is 7.88. The van der Waals surface area contributed by atoms with Crippen molar-refractivity contribution in [2.24, 2.45) is 5.73 Å². The molecule has 1 aliphatic rings. The van der Waals surface area contributed by atoms with Crippen molar-refractivity contribution < 1.29 is 23.8 Å². The number of nitrogens with two attached hydrogens (primary N) is 1. The molecule has 130 valence electrons. The first-order valence-electron chi connectivity index (χ1n) is 6.76. The topological polar surface area (TPSA) is 133 Å². The normalized spacial score (nSPS) is 14.0. The van der Waals surface area contributed by atoms with E-state index >= 15 is 0 Å². The quantitative estimate of drug-likeness (QED) is 0.364. The number of carboxylic acid groups (broad SMARTS) is 1. The lowest BCUT2D eigenvalue weighted by Crippen LogP contribution is -2.02. The van der Waals surface area contributed by atoms with Crippen LogP contribution in [0.5, 0.6) is 5.75 Å². The predicted molar refractivity (Wildman–Crippen MR) is 90.0 cm³/mol. The Hall–Kier alpha value is -2.26.